The average molecular weight is 663 g/mol. The highest BCUT2D eigenvalue weighted by Crippen LogP contribution is 2.32. The number of methoxy groups -OCH3 is 2. The van der Waals surface area contributed by atoms with Crippen molar-refractivity contribution in [3.63, 3.8) is 0 Å². The summed E-state index contributed by atoms with van der Waals surface area (Å²) in [6.07, 6.45) is 8.68. The minimum atomic E-state index is -0.632. The van der Waals surface area contributed by atoms with Crippen molar-refractivity contribution in [2.75, 3.05) is 32.8 Å². The van der Waals surface area contributed by atoms with Crippen molar-refractivity contribution in [3.8, 4) is 16.9 Å². The Hall–Kier alpha value is -5.08. The molecule has 2 atom stereocenters. The maximum Gasteiger partial charge on any atom is 0.328 e. The first-order chi connectivity index (χ1) is 22.8. The minimum absolute atomic E-state index is 0.0455. The third-order valence-corrected chi connectivity index (χ3v) is 7.80. The van der Waals surface area contributed by atoms with Gasteiger partial charge in [0.05, 0.1) is 43.8 Å². The number of hydrogen-bond acceptors (Lipinski definition) is 11. The van der Waals surface area contributed by atoms with Crippen LogP contribution in [0.15, 0.2) is 55.0 Å². The first kappa shape index (κ1) is 33.3. The van der Waals surface area contributed by atoms with E-state index in [-0.39, 0.29) is 18.9 Å². The number of nitrogens with zero attached hydrogens (tertiary/aromatic N) is 5. The largest absolute Gasteiger partial charge is 0.467 e. The summed E-state index contributed by atoms with van der Waals surface area (Å²) in [4.78, 5) is 46.3. The van der Waals surface area contributed by atoms with E-state index in [0.29, 0.717) is 71.3 Å². The molecule has 3 N–H and O–H groups in total. The molecule has 0 radical (unpaired) electrons. The SMILES string of the molecule is COCCOC(=O)Cc1ccc2c(c1)N[C@@H](C(=O)OC)CCCC[C@H](NC(=O)/C=C/c1cc(Cl)ccc1-n1cnnn1)c1ncc-2[nH]1. The molecule has 0 saturated heterocycles. The number of tetrazole rings is 1. The average Bonchev–Trinajstić information content (AvgIpc) is 3.78. The normalized spacial score (nSPS) is 16.3. The Balaban J connectivity index is 1.39. The number of H-pyrrole nitrogens is 1. The van der Waals surface area contributed by atoms with E-state index in [1.54, 1.807) is 30.5 Å². The lowest BCUT2D eigenvalue weighted by Gasteiger charge is -2.22. The van der Waals surface area contributed by atoms with Crippen molar-refractivity contribution in [2.45, 2.75) is 44.2 Å². The van der Waals surface area contributed by atoms with Crippen LogP contribution in [-0.2, 0) is 35.0 Å². The lowest BCUT2D eigenvalue weighted by atomic mass is 10.0. The summed E-state index contributed by atoms with van der Waals surface area (Å²) in [5, 5.41) is 18.2. The predicted molar refractivity (Wildman–Crippen MR) is 173 cm³/mol. The summed E-state index contributed by atoms with van der Waals surface area (Å²) in [5.41, 5.74) is 4.04. The van der Waals surface area contributed by atoms with Gasteiger partial charge in [-0.25, -0.2) is 9.78 Å². The summed E-state index contributed by atoms with van der Waals surface area (Å²) in [6.45, 7) is 0.471. The number of aromatic nitrogens is 6. The summed E-state index contributed by atoms with van der Waals surface area (Å²) < 4.78 is 16.7. The van der Waals surface area contributed by atoms with Gasteiger partial charge in [-0.15, -0.1) is 5.10 Å². The lowest BCUT2D eigenvalue weighted by Crippen LogP contribution is -2.31. The molecule has 1 aliphatic heterocycles. The summed E-state index contributed by atoms with van der Waals surface area (Å²) in [6, 6.07) is 9.61. The minimum Gasteiger partial charge on any atom is -0.467 e. The molecule has 5 rings (SSSR count). The Morgan fingerprint density at radius 2 is 1.96 bits per heavy atom. The number of nitrogens with one attached hydrogen (secondary N) is 3. The molecule has 0 saturated carbocycles. The molecule has 1 amide bonds. The molecular formula is C32H35ClN8O6. The van der Waals surface area contributed by atoms with Gasteiger partial charge in [-0.1, -0.05) is 36.6 Å². The summed E-state index contributed by atoms with van der Waals surface area (Å²) in [5.74, 6) is -0.544. The highest BCUT2D eigenvalue weighted by molar-refractivity contribution is 6.30. The molecule has 1 aliphatic rings. The zero-order chi connectivity index (χ0) is 33.2. The first-order valence-corrected chi connectivity index (χ1v) is 15.4. The van der Waals surface area contributed by atoms with E-state index in [9.17, 15) is 14.4 Å². The third-order valence-electron chi connectivity index (χ3n) is 7.57. The van der Waals surface area contributed by atoms with Gasteiger partial charge >= 0.3 is 11.9 Å². The van der Waals surface area contributed by atoms with Crippen molar-refractivity contribution in [2.24, 2.45) is 0 Å². The van der Waals surface area contributed by atoms with E-state index in [0.717, 1.165) is 5.56 Å². The van der Waals surface area contributed by atoms with Crippen molar-refractivity contribution >= 4 is 41.2 Å². The molecule has 2 aromatic heterocycles. The Labute approximate surface area is 275 Å². The molecule has 0 aliphatic carbocycles. The van der Waals surface area contributed by atoms with Crippen LogP contribution in [0.25, 0.3) is 23.0 Å². The molecule has 2 bridgehead atoms. The quantitative estimate of drug-likeness (QED) is 0.128. The Bertz CT molecular complexity index is 1720. The van der Waals surface area contributed by atoms with Gasteiger partial charge in [-0.3, -0.25) is 9.59 Å². The van der Waals surface area contributed by atoms with Crippen molar-refractivity contribution in [1.82, 2.24) is 35.5 Å². The molecule has 4 aromatic rings. The number of benzene rings is 2. The van der Waals surface area contributed by atoms with Crippen molar-refractivity contribution in [3.05, 3.63) is 77.0 Å². The van der Waals surface area contributed by atoms with Gasteiger partial charge in [0.25, 0.3) is 0 Å². The fourth-order valence-electron chi connectivity index (χ4n) is 5.24. The van der Waals surface area contributed by atoms with E-state index in [2.05, 4.69) is 36.1 Å². The van der Waals surface area contributed by atoms with Crippen LogP contribution in [0.1, 0.15) is 48.7 Å². The standard InChI is InChI=1S/C32H35ClN8O6/c1-45-13-14-47-30(43)16-20-7-10-23-26(15-20)36-25(32(44)46-2)6-4-3-5-24(31-34-18-27(23)38-31)37-29(42)12-8-21-17-22(33)9-11-28(21)41-19-35-39-40-41/h7-12,15,17-19,24-25,36H,3-6,13-14,16H2,1-2H3,(H,34,38)(H,37,42)/b12-8+/t24-,25+/m0/s1. The van der Waals surface area contributed by atoms with Gasteiger partial charge in [0.1, 0.15) is 24.8 Å². The second-order valence-corrected chi connectivity index (χ2v) is 11.2. The van der Waals surface area contributed by atoms with Crippen LogP contribution in [0.2, 0.25) is 5.02 Å². The van der Waals surface area contributed by atoms with E-state index >= 15 is 0 Å². The molecule has 0 unspecified atom stereocenters. The number of aromatic amines is 1. The number of rotatable bonds is 10. The Kier molecular flexibility index (Phi) is 11.3. The highest BCUT2D eigenvalue weighted by atomic mass is 35.5. The first-order valence-electron chi connectivity index (χ1n) is 15.0. The fourth-order valence-corrected chi connectivity index (χ4v) is 5.42. The molecule has 0 spiro atoms. The number of hydrogen-bond donors (Lipinski definition) is 3. The maximum atomic E-state index is 13.2. The second kappa shape index (κ2) is 16.0. The van der Waals surface area contributed by atoms with Crippen LogP contribution in [0.4, 0.5) is 5.69 Å². The van der Waals surface area contributed by atoms with E-state index in [1.807, 2.05) is 18.2 Å². The second-order valence-electron chi connectivity index (χ2n) is 10.8. The van der Waals surface area contributed by atoms with Gasteiger partial charge < -0.3 is 29.8 Å². The van der Waals surface area contributed by atoms with Gasteiger partial charge in [-0.2, -0.15) is 4.68 Å². The Morgan fingerprint density at radius 3 is 2.74 bits per heavy atom. The van der Waals surface area contributed by atoms with E-state index < -0.39 is 24.0 Å². The third kappa shape index (κ3) is 8.80. The number of halogens is 1. The predicted octanol–water partition coefficient (Wildman–Crippen LogP) is 3.84. The molecule has 47 heavy (non-hydrogen) atoms. The highest BCUT2D eigenvalue weighted by Gasteiger charge is 2.24. The lowest BCUT2D eigenvalue weighted by molar-refractivity contribution is -0.144. The van der Waals surface area contributed by atoms with Crippen LogP contribution in [0.5, 0.6) is 0 Å². The zero-order valence-corrected chi connectivity index (χ0v) is 26.7. The number of esters is 2. The van der Waals surface area contributed by atoms with Crippen LogP contribution in [0.3, 0.4) is 0 Å². The summed E-state index contributed by atoms with van der Waals surface area (Å²) in [7, 11) is 2.89. The van der Waals surface area contributed by atoms with Gasteiger partial charge in [0.15, 0.2) is 0 Å². The number of amides is 1. The van der Waals surface area contributed by atoms with E-state index in [4.69, 9.17) is 25.8 Å². The van der Waals surface area contributed by atoms with E-state index in [1.165, 1.54) is 31.3 Å². The van der Waals surface area contributed by atoms with Gasteiger partial charge in [0, 0.05) is 35.0 Å². The molecule has 0 fully saturated rings. The van der Waals surface area contributed by atoms with Crippen LogP contribution in [-0.4, -0.2) is 81.5 Å². The molecule has 14 nitrogen and oxygen atoms in total. The number of carbonyl (C=O) groups excluding carboxylic acids is 3. The molecule has 15 heteroatoms. The number of fused-ring (bicyclic) bond motifs is 4. The number of imidazole rings is 1. The topological polar surface area (TPSA) is 175 Å². The number of anilines is 1. The zero-order valence-electron chi connectivity index (χ0n) is 25.9. The number of ether oxygens (including phenoxy) is 3. The molecule has 2 aromatic carbocycles. The van der Waals surface area contributed by atoms with Crippen LogP contribution < -0.4 is 10.6 Å². The smallest absolute Gasteiger partial charge is 0.328 e. The fraction of sp³-hybridized carbons (Fsp3) is 0.344. The monoisotopic (exact) mass is 662 g/mol. The Morgan fingerprint density at radius 1 is 1.11 bits per heavy atom. The molecule has 3 heterocycles. The van der Waals surface area contributed by atoms with Crippen LogP contribution >= 0.6 is 11.6 Å². The maximum absolute atomic E-state index is 13.2. The van der Waals surface area contributed by atoms with Gasteiger partial charge in [-0.05, 0) is 59.2 Å². The van der Waals surface area contributed by atoms with Gasteiger partial charge in [0.2, 0.25) is 5.91 Å². The van der Waals surface area contributed by atoms with Crippen molar-refractivity contribution < 1.29 is 28.6 Å². The van der Waals surface area contributed by atoms with Crippen LogP contribution in [0, 0.1) is 0 Å². The van der Waals surface area contributed by atoms with Crippen molar-refractivity contribution in [1.29, 1.82) is 0 Å². The summed E-state index contributed by atoms with van der Waals surface area (Å²) >= 11 is 6.22. The number of carbonyl (C=O) groups is 3. The molecular weight excluding hydrogens is 628 g/mol. The molecule has 246 valence electrons.